The van der Waals surface area contributed by atoms with Crippen LogP contribution >= 0.6 is 0 Å². The minimum Gasteiger partial charge on any atom is -0.496 e. The van der Waals surface area contributed by atoms with Gasteiger partial charge in [0.2, 0.25) is 0 Å². The number of benzene rings is 1. The molecule has 1 atom stereocenters. The van der Waals surface area contributed by atoms with Gasteiger partial charge in [-0.1, -0.05) is 19.9 Å². The zero-order chi connectivity index (χ0) is 16.0. The van der Waals surface area contributed by atoms with Crippen molar-refractivity contribution < 1.29 is 19.1 Å². The zero-order valence-electron chi connectivity index (χ0n) is 12.8. The minimum atomic E-state index is -0.683. The van der Waals surface area contributed by atoms with Gasteiger partial charge in [0.25, 0.3) is 5.91 Å². The Hall–Kier alpha value is -2.24. The van der Waals surface area contributed by atoms with E-state index in [9.17, 15) is 9.59 Å². The number of rotatable bonds is 6. The van der Waals surface area contributed by atoms with Gasteiger partial charge in [-0.25, -0.2) is 4.79 Å². The number of anilines is 1. The summed E-state index contributed by atoms with van der Waals surface area (Å²) >= 11 is 0. The Morgan fingerprint density at radius 3 is 2.52 bits per heavy atom. The van der Waals surface area contributed by atoms with Crippen molar-refractivity contribution in [2.24, 2.45) is 5.92 Å². The number of methoxy groups -OCH3 is 1. The van der Waals surface area contributed by atoms with Crippen molar-refractivity contribution in [1.29, 1.82) is 0 Å². The normalized spacial score (nSPS) is 11.9. The quantitative estimate of drug-likeness (QED) is 0.614. The third kappa shape index (κ3) is 4.66. The van der Waals surface area contributed by atoms with Gasteiger partial charge in [-0.2, -0.15) is 0 Å². The number of hydrogen-bond donors (Lipinski definition) is 2. The summed E-state index contributed by atoms with van der Waals surface area (Å²) in [5.74, 6) is -0.416. The van der Waals surface area contributed by atoms with Gasteiger partial charge in [-0.15, -0.1) is 0 Å². The highest BCUT2D eigenvalue weighted by atomic mass is 16.5. The summed E-state index contributed by atoms with van der Waals surface area (Å²) in [5.41, 5.74) is 6.12. The first-order valence-corrected chi connectivity index (χ1v) is 6.75. The van der Waals surface area contributed by atoms with Crippen molar-refractivity contribution in [3.63, 3.8) is 0 Å². The van der Waals surface area contributed by atoms with Gasteiger partial charge in [0.05, 0.1) is 7.11 Å². The molecule has 6 heteroatoms. The Morgan fingerprint density at radius 2 is 1.95 bits per heavy atom. The molecule has 0 saturated heterocycles. The second-order valence-corrected chi connectivity index (χ2v) is 5.10. The Balaban J connectivity index is 2.65. The lowest BCUT2D eigenvalue weighted by Crippen LogP contribution is -2.38. The second-order valence-electron chi connectivity index (χ2n) is 5.10. The largest absolute Gasteiger partial charge is 0.496 e. The van der Waals surface area contributed by atoms with Gasteiger partial charge in [0.15, 0.2) is 6.61 Å². The fourth-order valence-electron chi connectivity index (χ4n) is 1.60. The third-order valence-corrected chi connectivity index (χ3v) is 3.21. The summed E-state index contributed by atoms with van der Waals surface area (Å²) in [6, 6.07) is 4.85. The Kier molecular flexibility index (Phi) is 6.02. The van der Waals surface area contributed by atoms with Crippen LogP contribution in [0, 0.1) is 5.92 Å². The molecule has 1 unspecified atom stereocenters. The molecular weight excluding hydrogens is 272 g/mol. The summed E-state index contributed by atoms with van der Waals surface area (Å²) in [5, 5.41) is 2.75. The van der Waals surface area contributed by atoms with Crippen LogP contribution < -0.4 is 15.8 Å². The molecule has 1 aromatic carbocycles. The maximum atomic E-state index is 12.0. The van der Waals surface area contributed by atoms with E-state index in [1.54, 1.807) is 18.2 Å². The van der Waals surface area contributed by atoms with E-state index in [1.165, 1.54) is 7.11 Å². The average molecular weight is 294 g/mol. The van der Waals surface area contributed by atoms with Crippen molar-refractivity contribution in [3.05, 3.63) is 23.8 Å². The Bertz CT molecular complexity index is 514. The maximum absolute atomic E-state index is 12.0. The van der Waals surface area contributed by atoms with E-state index in [-0.39, 0.29) is 29.8 Å². The number of nitrogens with two attached hydrogens (primary N) is 1. The smallest absolute Gasteiger partial charge is 0.344 e. The third-order valence-electron chi connectivity index (χ3n) is 3.21. The van der Waals surface area contributed by atoms with Gasteiger partial charge in [0, 0.05) is 11.7 Å². The second kappa shape index (κ2) is 7.52. The van der Waals surface area contributed by atoms with Gasteiger partial charge < -0.3 is 20.5 Å². The van der Waals surface area contributed by atoms with Crippen LogP contribution in [-0.2, 0) is 9.53 Å². The summed E-state index contributed by atoms with van der Waals surface area (Å²) in [7, 11) is 1.43. The SMILES string of the molecule is COc1cccc(N)c1C(=O)OCC(=O)NC(C)C(C)C. The van der Waals surface area contributed by atoms with Crippen LogP contribution in [0.25, 0.3) is 0 Å². The molecule has 0 heterocycles. The molecule has 0 radical (unpaired) electrons. The maximum Gasteiger partial charge on any atom is 0.344 e. The molecule has 1 amide bonds. The predicted octanol–water partition coefficient (Wildman–Crippen LogP) is 1.59. The minimum absolute atomic E-state index is 0.00697. The standard InChI is InChI=1S/C15H22N2O4/c1-9(2)10(3)17-13(18)8-21-15(19)14-11(16)6-5-7-12(14)20-4/h5-7,9-10H,8,16H2,1-4H3,(H,17,18). The molecule has 0 aliphatic carbocycles. The number of ether oxygens (including phenoxy) is 2. The molecule has 0 aromatic heterocycles. The van der Waals surface area contributed by atoms with E-state index < -0.39 is 5.97 Å². The number of hydrogen-bond acceptors (Lipinski definition) is 5. The molecule has 0 fully saturated rings. The molecule has 0 aliphatic rings. The highest BCUT2D eigenvalue weighted by Crippen LogP contribution is 2.24. The highest BCUT2D eigenvalue weighted by molar-refractivity contribution is 5.99. The molecule has 0 aliphatic heterocycles. The summed E-state index contributed by atoms with van der Waals surface area (Å²) < 4.78 is 10.1. The van der Waals surface area contributed by atoms with E-state index in [1.807, 2.05) is 20.8 Å². The van der Waals surface area contributed by atoms with Gasteiger partial charge in [-0.3, -0.25) is 4.79 Å². The lowest BCUT2D eigenvalue weighted by atomic mass is 10.1. The summed E-state index contributed by atoms with van der Waals surface area (Å²) in [4.78, 5) is 23.7. The van der Waals surface area contributed by atoms with Crippen LogP contribution in [0.3, 0.4) is 0 Å². The number of amides is 1. The van der Waals surface area contributed by atoms with E-state index >= 15 is 0 Å². The van der Waals surface area contributed by atoms with Crippen LogP contribution in [0.5, 0.6) is 5.75 Å². The summed E-state index contributed by atoms with van der Waals surface area (Å²) in [6.45, 7) is 5.52. The Labute approximate surface area is 124 Å². The number of carbonyl (C=O) groups excluding carboxylic acids is 2. The van der Waals surface area contributed by atoms with Crippen molar-refractivity contribution in [2.75, 3.05) is 19.5 Å². The topological polar surface area (TPSA) is 90.7 Å². The molecule has 0 bridgehead atoms. The van der Waals surface area contributed by atoms with Gasteiger partial charge in [0.1, 0.15) is 11.3 Å². The zero-order valence-corrected chi connectivity index (χ0v) is 12.8. The van der Waals surface area contributed by atoms with E-state index in [0.29, 0.717) is 11.7 Å². The number of nitrogen functional groups attached to an aromatic ring is 1. The van der Waals surface area contributed by atoms with E-state index in [0.717, 1.165) is 0 Å². The molecule has 21 heavy (non-hydrogen) atoms. The van der Waals surface area contributed by atoms with Crippen molar-refractivity contribution in [2.45, 2.75) is 26.8 Å². The van der Waals surface area contributed by atoms with Crippen LogP contribution in [0.2, 0.25) is 0 Å². The molecule has 1 aromatic rings. The number of carbonyl (C=O) groups is 2. The van der Waals surface area contributed by atoms with Crippen molar-refractivity contribution in [1.82, 2.24) is 5.32 Å². The molecule has 0 spiro atoms. The van der Waals surface area contributed by atoms with E-state index in [4.69, 9.17) is 15.2 Å². The average Bonchev–Trinajstić information content (AvgIpc) is 2.44. The molecular formula is C15H22N2O4. The molecule has 0 saturated carbocycles. The summed E-state index contributed by atoms with van der Waals surface area (Å²) in [6.07, 6.45) is 0. The van der Waals surface area contributed by atoms with Crippen molar-refractivity contribution in [3.8, 4) is 5.75 Å². The first kappa shape index (κ1) is 16.8. The number of nitrogens with one attached hydrogen (secondary N) is 1. The lowest BCUT2D eigenvalue weighted by molar-refractivity contribution is -0.125. The highest BCUT2D eigenvalue weighted by Gasteiger charge is 2.19. The van der Waals surface area contributed by atoms with Gasteiger partial charge in [-0.05, 0) is 25.0 Å². The molecule has 3 N–H and O–H groups in total. The number of esters is 1. The Morgan fingerprint density at radius 1 is 1.29 bits per heavy atom. The lowest BCUT2D eigenvalue weighted by Gasteiger charge is -2.17. The predicted molar refractivity (Wildman–Crippen MR) is 80.1 cm³/mol. The molecule has 6 nitrogen and oxygen atoms in total. The fraction of sp³-hybridized carbons (Fsp3) is 0.467. The van der Waals surface area contributed by atoms with Crippen LogP contribution in [-0.4, -0.2) is 31.6 Å². The molecule has 116 valence electrons. The van der Waals surface area contributed by atoms with Gasteiger partial charge >= 0.3 is 5.97 Å². The first-order valence-electron chi connectivity index (χ1n) is 6.75. The molecule has 1 rings (SSSR count). The van der Waals surface area contributed by atoms with Crippen LogP contribution in [0.4, 0.5) is 5.69 Å². The monoisotopic (exact) mass is 294 g/mol. The van der Waals surface area contributed by atoms with Crippen molar-refractivity contribution >= 4 is 17.6 Å². The first-order chi connectivity index (χ1) is 9.86. The van der Waals surface area contributed by atoms with E-state index in [2.05, 4.69) is 5.32 Å². The fourth-order valence-corrected chi connectivity index (χ4v) is 1.60. The van der Waals surface area contributed by atoms with Crippen LogP contribution in [0.1, 0.15) is 31.1 Å². The van der Waals surface area contributed by atoms with Crippen LogP contribution in [0.15, 0.2) is 18.2 Å².